The average molecular weight is 220 g/mol. The van der Waals surface area contributed by atoms with Crippen molar-refractivity contribution < 1.29 is 9.13 Å². The van der Waals surface area contributed by atoms with Gasteiger partial charge in [0.15, 0.2) is 0 Å². The van der Waals surface area contributed by atoms with Crippen molar-refractivity contribution in [2.45, 2.75) is 19.1 Å². The predicted molar refractivity (Wildman–Crippen MR) is 57.2 cm³/mol. The van der Waals surface area contributed by atoms with Crippen LogP contribution in [0, 0.1) is 17.1 Å². The lowest BCUT2D eigenvalue weighted by molar-refractivity contribution is -0.0768. The van der Waals surface area contributed by atoms with Gasteiger partial charge in [-0.25, -0.2) is 4.39 Å². The Morgan fingerprint density at radius 1 is 1.56 bits per heavy atom. The number of halogens is 1. The van der Waals surface area contributed by atoms with Gasteiger partial charge in [-0.1, -0.05) is 0 Å². The first-order valence-electron chi connectivity index (χ1n) is 5.16. The van der Waals surface area contributed by atoms with Gasteiger partial charge in [-0.2, -0.15) is 5.26 Å². The van der Waals surface area contributed by atoms with Crippen LogP contribution in [0.15, 0.2) is 18.2 Å². The molecule has 0 atom stereocenters. The van der Waals surface area contributed by atoms with Gasteiger partial charge in [0, 0.05) is 13.1 Å². The molecule has 0 spiro atoms. The molecule has 0 radical (unpaired) electrons. The molecule has 1 aliphatic heterocycles. The van der Waals surface area contributed by atoms with Gasteiger partial charge in [0.2, 0.25) is 0 Å². The lowest BCUT2D eigenvalue weighted by Gasteiger charge is -2.39. The molecule has 16 heavy (non-hydrogen) atoms. The summed E-state index contributed by atoms with van der Waals surface area (Å²) in [4.78, 5) is 0. The number of nitrogens with zero attached hydrogens (tertiary/aromatic N) is 1. The van der Waals surface area contributed by atoms with Crippen molar-refractivity contribution in [3.8, 4) is 6.07 Å². The van der Waals surface area contributed by atoms with Crippen LogP contribution in [0.25, 0.3) is 0 Å². The van der Waals surface area contributed by atoms with Crippen LogP contribution < -0.4 is 5.32 Å². The Labute approximate surface area is 93.8 Å². The Bertz CT molecular complexity index is 435. The summed E-state index contributed by atoms with van der Waals surface area (Å²) >= 11 is 0. The van der Waals surface area contributed by atoms with E-state index in [-0.39, 0.29) is 18.0 Å². The second-order valence-electron chi connectivity index (χ2n) is 4.26. The van der Waals surface area contributed by atoms with Crippen LogP contribution in [0.5, 0.6) is 0 Å². The molecule has 3 nitrogen and oxygen atoms in total. The molecule has 0 aliphatic carbocycles. The number of rotatable bonds is 3. The smallest absolute Gasteiger partial charge is 0.123 e. The van der Waals surface area contributed by atoms with E-state index < -0.39 is 0 Å². The summed E-state index contributed by atoms with van der Waals surface area (Å²) in [5.41, 5.74) is 0.895. The minimum absolute atomic E-state index is 0.182. The van der Waals surface area contributed by atoms with Gasteiger partial charge in [0.05, 0.1) is 23.8 Å². The van der Waals surface area contributed by atoms with Crippen molar-refractivity contribution in [1.29, 1.82) is 5.26 Å². The number of benzene rings is 1. The molecular formula is C12H13FN2O. The maximum Gasteiger partial charge on any atom is 0.123 e. The fraction of sp³-hybridized carbons (Fsp3) is 0.417. The van der Waals surface area contributed by atoms with Crippen LogP contribution in [-0.2, 0) is 11.3 Å². The van der Waals surface area contributed by atoms with Gasteiger partial charge in [0.1, 0.15) is 5.82 Å². The molecule has 1 N–H and O–H groups in total. The molecular weight excluding hydrogens is 207 g/mol. The molecule has 4 heteroatoms. The third kappa shape index (κ3) is 2.21. The first-order chi connectivity index (χ1) is 7.63. The minimum Gasteiger partial charge on any atom is -0.368 e. The zero-order chi connectivity index (χ0) is 11.6. The van der Waals surface area contributed by atoms with E-state index in [0.29, 0.717) is 11.1 Å². The number of ether oxygens (including phenoxy) is 1. The summed E-state index contributed by atoms with van der Waals surface area (Å²) in [5.74, 6) is -0.338. The van der Waals surface area contributed by atoms with Crippen molar-refractivity contribution >= 4 is 0 Å². The van der Waals surface area contributed by atoms with Gasteiger partial charge in [-0.05, 0) is 30.7 Å². The lowest BCUT2D eigenvalue weighted by Crippen LogP contribution is -2.58. The van der Waals surface area contributed by atoms with Crippen molar-refractivity contribution in [3.63, 3.8) is 0 Å². The molecule has 0 unspecified atom stereocenters. The summed E-state index contributed by atoms with van der Waals surface area (Å²) in [6.45, 7) is 3.86. The zero-order valence-electron chi connectivity index (χ0n) is 9.09. The van der Waals surface area contributed by atoms with Gasteiger partial charge in [-0.15, -0.1) is 0 Å². The Morgan fingerprint density at radius 2 is 2.31 bits per heavy atom. The highest BCUT2D eigenvalue weighted by molar-refractivity contribution is 5.37. The molecule has 1 aromatic carbocycles. The molecule has 1 aliphatic rings. The summed E-state index contributed by atoms with van der Waals surface area (Å²) in [6, 6.07) is 6.16. The summed E-state index contributed by atoms with van der Waals surface area (Å²) in [7, 11) is 0. The number of hydrogen-bond donors (Lipinski definition) is 1. The van der Waals surface area contributed by atoms with Gasteiger partial charge in [0.25, 0.3) is 0 Å². The molecule has 1 heterocycles. The fourth-order valence-corrected chi connectivity index (χ4v) is 1.62. The van der Waals surface area contributed by atoms with Gasteiger partial charge in [-0.3, -0.25) is 0 Å². The van der Waals surface area contributed by atoms with Crippen LogP contribution in [-0.4, -0.2) is 18.7 Å². The summed E-state index contributed by atoms with van der Waals surface area (Å²) < 4.78 is 18.7. The topological polar surface area (TPSA) is 45.0 Å². The van der Waals surface area contributed by atoms with E-state index in [1.165, 1.54) is 18.2 Å². The van der Waals surface area contributed by atoms with Crippen LogP contribution in [0.1, 0.15) is 18.1 Å². The molecule has 1 saturated heterocycles. The van der Waals surface area contributed by atoms with E-state index in [1.807, 2.05) is 13.0 Å². The van der Waals surface area contributed by atoms with Crippen molar-refractivity contribution in [1.82, 2.24) is 5.32 Å². The predicted octanol–water partition coefficient (Wildman–Crippen LogP) is 1.58. The molecule has 0 bridgehead atoms. The second kappa shape index (κ2) is 4.20. The normalized spacial score (nSPS) is 17.6. The average Bonchev–Trinajstić information content (AvgIpc) is 2.24. The third-order valence-electron chi connectivity index (χ3n) is 2.76. The molecule has 0 amide bonds. The van der Waals surface area contributed by atoms with E-state index in [0.717, 1.165) is 13.1 Å². The number of hydrogen-bond acceptors (Lipinski definition) is 3. The molecule has 0 saturated carbocycles. The maximum absolute atomic E-state index is 13.0. The number of nitrogens with one attached hydrogen (secondary N) is 1. The Balaban J connectivity index is 2.08. The Hall–Kier alpha value is -1.44. The standard InChI is InChI=1S/C12H13FN2O/c1-12(7-15-8-12)16-6-10-4-11(13)3-2-9(10)5-14/h2-4,15H,6-8H2,1H3. The Morgan fingerprint density at radius 3 is 2.88 bits per heavy atom. The van der Waals surface area contributed by atoms with E-state index in [1.54, 1.807) is 0 Å². The van der Waals surface area contributed by atoms with E-state index >= 15 is 0 Å². The zero-order valence-corrected chi connectivity index (χ0v) is 9.09. The van der Waals surface area contributed by atoms with E-state index in [2.05, 4.69) is 5.32 Å². The van der Waals surface area contributed by atoms with Crippen LogP contribution in [0.3, 0.4) is 0 Å². The maximum atomic E-state index is 13.0. The Kier molecular flexibility index (Phi) is 2.90. The van der Waals surface area contributed by atoms with Crippen LogP contribution in [0.2, 0.25) is 0 Å². The lowest BCUT2D eigenvalue weighted by atomic mass is 10.00. The molecule has 2 rings (SSSR count). The second-order valence-corrected chi connectivity index (χ2v) is 4.26. The van der Waals surface area contributed by atoms with Crippen LogP contribution >= 0.6 is 0 Å². The monoisotopic (exact) mass is 220 g/mol. The highest BCUT2D eigenvalue weighted by Gasteiger charge is 2.32. The molecule has 1 fully saturated rings. The minimum atomic E-state index is -0.338. The summed E-state index contributed by atoms with van der Waals surface area (Å²) in [6.07, 6.45) is 0. The molecule has 1 aromatic rings. The van der Waals surface area contributed by atoms with Gasteiger partial charge < -0.3 is 10.1 Å². The summed E-state index contributed by atoms with van der Waals surface area (Å²) in [5, 5.41) is 12.0. The van der Waals surface area contributed by atoms with Crippen molar-refractivity contribution in [3.05, 3.63) is 35.1 Å². The highest BCUT2D eigenvalue weighted by Crippen LogP contribution is 2.19. The van der Waals surface area contributed by atoms with Crippen molar-refractivity contribution in [2.24, 2.45) is 0 Å². The quantitative estimate of drug-likeness (QED) is 0.841. The van der Waals surface area contributed by atoms with Crippen molar-refractivity contribution in [2.75, 3.05) is 13.1 Å². The van der Waals surface area contributed by atoms with E-state index in [9.17, 15) is 4.39 Å². The molecule has 84 valence electrons. The van der Waals surface area contributed by atoms with Gasteiger partial charge >= 0.3 is 0 Å². The largest absolute Gasteiger partial charge is 0.368 e. The SMILES string of the molecule is CC1(OCc2cc(F)ccc2C#N)CNC1. The van der Waals surface area contributed by atoms with E-state index in [4.69, 9.17) is 10.00 Å². The first kappa shape index (κ1) is 11.1. The third-order valence-corrected chi connectivity index (χ3v) is 2.76. The first-order valence-corrected chi connectivity index (χ1v) is 5.16. The van der Waals surface area contributed by atoms with Crippen LogP contribution in [0.4, 0.5) is 4.39 Å². The molecule has 0 aromatic heterocycles. The fourth-order valence-electron chi connectivity index (χ4n) is 1.62. The number of nitriles is 1. The highest BCUT2D eigenvalue weighted by atomic mass is 19.1.